The Morgan fingerprint density at radius 3 is 2.11 bits per heavy atom. The molecule has 0 spiro atoms. The molecule has 1 N–H and O–H groups in total. The maximum absolute atomic E-state index is 12.0. The van der Waals surface area contributed by atoms with E-state index in [0.717, 1.165) is 12.1 Å². The van der Waals surface area contributed by atoms with Crippen LogP contribution < -0.4 is 10.1 Å². The Hall–Kier alpha value is -1.23. The Bertz CT molecular complexity index is 359. The molecule has 0 saturated carbocycles. The monoisotopic (exact) mass is 261 g/mol. The summed E-state index contributed by atoms with van der Waals surface area (Å²) >= 11 is 0. The van der Waals surface area contributed by atoms with Crippen molar-refractivity contribution in [3.63, 3.8) is 0 Å². The molecule has 0 amide bonds. The Morgan fingerprint density at radius 2 is 1.72 bits per heavy atom. The fraction of sp³-hybridized carbons (Fsp3) is 0.538. The number of ether oxygens (including phenoxy) is 1. The molecule has 0 aliphatic carbocycles. The van der Waals surface area contributed by atoms with Crippen LogP contribution in [-0.2, 0) is 0 Å². The lowest BCUT2D eigenvalue weighted by atomic mass is 9.96. The fourth-order valence-electron chi connectivity index (χ4n) is 1.84. The summed E-state index contributed by atoms with van der Waals surface area (Å²) in [4.78, 5) is 0. The summed E-state index contributed by atoms with van der Waals surface area (Å²) < 4.78 is 39.9. The topological polar surface area (TPSA) is 21.3 Å². The van der Waals surface area contributed by atoms with Gasteiger partial charge in [-0.15, -0.1) is 13.2 Å². The van der Waals surface area contributed by atoms with Gasteiger partial charge in [-0.25, -0.2) is 0 Å². The Balaban J connectivity index is 2.80. The van der Waals surface area contributed by atoms with Crippen LogP contribution in [0.15, 0.2) is 24.3 Å². The van der Waals surface area contributed by atoms with Crippen molar-refractivity contribution in [1.82, 2.24) is 5.32 Å². The second kappa shape index (κ2) is 6.09. The predicted molar refractivity (Wildman–Crippen MR) is 64.4 cm³/mol. The predicted octanol–water partition coefficient (Wildman–Crippen LogP) is 3.89. The van der Waals surface area contributed by atoms with Gasteiger partial charge in [0.05, 0.1) is 0 Å². The summed E-state index contributed by atoms with van der Waals surface area (Å²) in [6.07, 6.45) is -4.64. The molecule has 0 aliphatic heterocycles. The molecule has 1 rings (SSSR count). The van der Waals surface area contributed by atoms with Gasteiger partial charge in [0.25, 0.3) is 0 Å². The van der Waals surface area contributed by atoms with Crippen molar-refractivity contribution < 1.29 is 17.9 Å². The van der Waals surface area contributed by atoms with Crippen LogP contribution in [0, 0.1) is 5.92 Å². The SMILES string of the molecule is CCNC(c1ccc(OC(F)(F)F)cc1)C(C)C. The van der Waals surface area contributed by atoms with Gasteiger partial charge in [0.15, 0.2) is 0 Å². The summed E-state index contributed by atoms with van der Waals surface area (Å²) in [7, 11) is 0. The molecule has 0 aliphatic rings. The van der Waals surface area contributed by atoms with Crippen LogP contribution in [0.2, 0.25) is 0 Å². The number of nitrogens with one attached hydrogen (secondary N) is 1. The van der Waals surface area contributed by atoms with Crippen molar-refractivity contribution in [1.29, 1.82) is 0 Å². The molecule has 0 fully saturated rings. The van der Waals surface area contributed by atoms with E-state index in [0.29, 0.717) is 5.92 Å². The van der Waals surface area contributed by atoms with Gasteiger partial charge in [-0.3, -0.25) is 0 Å². The van der Waals surface area contributed by atoms with Crippen LogP contribution in [0.3, 0.4) is 0 Å². The lowest BCUT2D eigenvalue weighted by Crippen LogP contribution is -2.25. The Labute approximate surface area is 105 Å². The van der Waals surface area contributed by atoms with Gasteiger partial charge in [0, 0.05) is 6.04 Å². The average molecular weight is 261 g/mol. The van der Waals surface area contributed by atoms with Gasteiger partial charge >= 0.3 is 6.36 Å². The van der Waals surface area contributed by atoms with Crippen molar-refractivity contribution in [2.24, 2.45) is 5.92 Å². The molecule has 0 radical (unpaired) electrons. The first-order chi connectivity index (χ1) is 8.33. The molecule has 0 bridgehead atoms. The zero-order valence-electron chi connectivity index (χ0n) is 10.7. The first-order valence-corrected chi connectivity index (χ1v) is 5.92. The van der Waals surface area contributed by atoms with Crippen LogP contribution in [0.4, 0.5) is 13.2 Å². The molecule has 1 aromatic rings. The van der Waals surface area contributed by atoms with Crippen molar-refractivity contribution in [3.8, 4) is 5.75 Å². The number of alkyl halides is 3. The first kappa shape index (κ1) is 14.8. The summed E-state index contributed by atoms with van der Waals surface area (Å²) in [6, 6.07) is 6.14. The van der Waals surface area contributed by atoms with E-state index in [1.54, 1.807) is 12.1 Å². The van der Waals surface area contributed by atoms with Crippen LogP contribution >= 0.6 is 0 Å². The van der Waals surface area contributed by atoms with Crippen molar-refractivity contribution in [2.75, 3.05) is 6.54 Å². The van der Waals surface area contributed by atoms with E-state index >= 15 is 0 Å². The lowest BCUT2D eigenvalue weighted by Gasteiger charge is -2.22. The third-order valence-corrected chi connectivity index (χ3v) is 2.56. The standard InChI is InChI=1S/C13H18F3NO/c1-4-17-12(9(2)3)10-5-7-11(8-6-10)18-13(14,15)16/h5-9,12,17H,4H2,1-3H3. The minimum Gasteiger partial charge on any atom is -0.406 e. The van der Waals surface area contributed by atoms with E-state index < -0.39 is 6.36 Å². The Kier molecular flexibility index (Phi) is 5.02. The third-order valence-electron chi connectivity index (χ3n) is 2.56. The Morgan fingerprint density at radius 1 is 1.17 bits per heavy atom. The molecule has 2 nitrogen and oxygen atoms in total. The number of benzene rings is 1. The van der Waals surface area contributed by atoms with Gasteiger partial charge in [0.2, 0.25) is 0 Å². The maximum Gasteiger partial charge on any atom is 0.573 e. The molecular weight excluding hydrogens is 243 g/mol. The molecular formula is C13H18F3NO. The molecule has 1 atom stereocenters. The molecule has 1 aromatic carbocycles. The largest absolute Gasteiger partial charge is 0.573 e. The van der Waals surface area contributed by atoms with Crippen molar-refractivity contribution in [3.05, 3.63) is 29.8 Å². The van der Waals surface area contributed by atoms with Gasteiger partial charge < -0.3 is 10.1 Å². The highest BCUT2D eigenvalue weighted by molar-refractivity contribution is 5.29. The maximum atomic E-state index is 12.0. The smallest absolute Gasteiger partial charge is 0.406 e. The first-order valence-electron chi connectivity index (χ1n) is 5.92. The minimum atomic E-state index is -4.64. The highest BCUT2D eigenvalue weighted by atomic mass is 19.4. The average Bonchev–Trinajstić information content (AvgIpc) is 2.25. The van der Waals surface area contributed by atoms with Crippen LogP contribution in [0.25, 0.3) is 0 Å². The van der Waals surface area contributed by atoms with E-state index in [-0.39, 0.29) is 11.8 Å². The van der Waals surface area contributed by atoms with Crippen LogP contribution in [0.5, 0.6) is 5.75 Å². The van der Waals surface area contributed by atoms with E-state index in [2.05, 4.69) is 23.9 Å². The molecule has 102 valence electrons. The summed E-state index contributed by atoms with van der Waals surface area (Å²) in [5.41, 5.74) is 0.960. The van der Waals surface area contributed by atoms with Crippen molar-refractivity contribution >= 4 is 0 Å². The van der Waals surface area contributed by atoms with E-state index in [9.17, 15) is 13.2 Å². The van der Waals surface area contributed by atoms with Crippen LogP contribution in [-0.4, -0.2) is 12.9 Å². The van der Waals surface area contributed by atoms with Crippen molar-refractivity contribution in [2.45, 2.75) is 33.2 Å². The highest BCUT2D eigenvalue weighted by Crippen LogP contribution is 2.26. The molecule has 1 unspecified atom stereocenters. The van der Waals surface area contributed by atoms with Gasteiger partial charge in [-0.2, -0.15) is 0 Å². The zero-order chi connectivity index (χ0) is 13.8. The minimum absolute atomic E-state index is 0.134. The summed E-state index contributed by atoms with van der Waals surface area (Å²) in [5.74, 6) is 0.171. The molecule has 18 heavy (non-hydrogen) atoms. The molecule has 5 heteroatoms. The van der Waals surface area contributed by atoms with Gasteiger partial charge in [0.1, 0.15) is 5.75 Å². The molecule has 0 saturated heterocycles. The number of rotatable bonds is 5. The highest BCUT2D eigenvalue weighted by Gasteiger charge is 2.31. The number of halogens is 3. The van der Waals surface area contributed by atoms with E-state index in [1.165, 1.54) is 12.1 Å². The fourth-order valence-corrected chi connectivity index (χ4v) is 1.84. The second-order valence-corrected chi connectivity index (χ2v) is 4.40. The zero-order valence-corrected chi connectivity index (χ0v) is 10.7. The number of hydrogen-bond donors (Lipinski definition) is 1. The van der Waals surface area contributed by atoms with Gasteiger partial charge in [-0.1, -0.05) is 32.9 Å². The van der Waals surface area contributed by atoms with Crippen LogP contribution in [0.1, 0.15) is 32.4 Å². The third kappa shape index (κ3) is 4.56. The van der Waals surface area contributed by atoms with E-state index in [4.69, 9.17) is 0 Å². The van der Waals surface area contributed by atoms with E-state index in [1.807, 2.05) is 6.92 Å². The summed E-state index contributed by atoms with van der Waals surface area (Å²) in [5, 5.41) is 3.30. The molecule has 0 heterocycles. The summed E-state index contributed by atoms with van der Waals surface area (Å²) in [6.45, 7) is 6.93. The normalized spacial score (nSPS) is 13.7. The lowest BCUT2D eigenvalue weighted by molar-refractivity contribution is -0.274. The molecule has 0 aromatic heterocycles. The number of hydrogen-bond acceptors (Lipinski definition) is 2. The van der Waals surface area contributed by atoms with Gasteiger partial charge in [-0.05, 0) is 30.2 Å². The second-order valence-electron chi connectivity index (χ2n) is 4.40. The quantitative estimate of drug-likeness (QED) is 0.868.